The Kier molecular flexibility index (Phi) is 5.17. The van der Waals surface area contributed by atoms with Crippen molar-refractivity contribution in [1.82, 2.24) is 0 Å². The quantitative estimate of drug-likeness (QED) is 0.784. The van der Waals surface area contributed by atoms with Crippen LogP contribution in [0.2, 0.25) is 0 Å². The van der Waals surface area contributed by atoms with Crippen LogP contribution in [0.1, 0.15) is 31.4 Å². The molecule has 116 valence electrons. The first kappa shape index (κ1) is 16.2. The molecule has 4 atom stereocenters. The van der Waals surface area contributed by atoms with E-state index in [-0.39, 0.29) is 6.10 Å². The molecule has 6 nitrogen and oxygen atoms in total. The van der Waals surface area contributed by atoms with E-state index in [0.717, 1.165) is 6.42 Å². The average Bonchev–Trinajstić information content (AvgIpc) is 2.98. The van der Waals surface area contributed by atoms with Gasteiger partial charge in [-0.3, -0.25) is 9.09 Å². The van der Waals surface area contributed by atoms with E-state index >= 15 is 0 Å². The number of hydrogen-bond acceptors (Lipinski definition) is 4. The molecule has 0 amide bonds. The molecule has 1 aliphatic rings. The molecule has 1 aromatic rings. The van der Waals surface area contributed by atoms with Crippen molar-refractivity contribution < 1.29 is 28.6 Å². The first-order chi connectivity index (χ1) is 9.92. The Labute approximate surface area is 123 Å². The number of carbonyl (C=O) groups is 1. The summed E-state index contributed by atoms with van der Waals surface area (Å²) < 4.78 is 22.9. The molecule has 21 heavy (non-hydrogen) atoms. The minimum atomic E-state index is -4.11. The minimum Gasteiger partial charge on any atom is -0.479 e. The Bertz CT molecular complexity index is 526. The maximum absolute atomic E-state index is 12.4. The molecule has 1 aromatic carbocycles. The van der Waals surface area contributed by atoms with Crippen LogP contribution in [-0.4, -0.2) is 34.3 Å². The zero-order chi connectivity index (χ0) is 15.5. The van der Waals surface area contributed by atoms with Crippen LogP contribution in [0.5, 0.6) is 0 Å². The molecular formula is C14H19O6P. The highest BCUT2D eigenvalue weighted by molar-refractivity contribution is 7.53. The van der Waals surface area contributed by atoms with Crippen LogP contribution in [0.15, 0.2) is 30.3 Å². The third-order valence-electron chi connectivity index (χ3n) is 3.60. The van der Waals surface area contributed by atoms with E-state index in [1.165, 1.54) is 0 Å². The number of benzene rings is 1. The van der Waals surface area contributed by atoms with Crippen molar-refractivity contribution in [3.05, 3.63) is 35.9 Å². The highest BCUT2D eigenvalue weighted by Crippen LogP contribution is 2.53. The maximum Gasteiger partial charge on any atom is 0.338 e. The lowest BCUT2D eigenvalue weighted by molar-refractivity contribution is -0.145. The summed E-state index contributed by atoms with van der Waals surface area (Å²) in [6.07, 6.45) is -0.328. The summed E-state index contributed by atoms with van der Waals surface area (Å²) in [5, 5.41) is 9.25. The van der Waals surface area contributed by atoms with E-state index in [1.807, 2.05) is 0 Å². The second-order valence-electron chi connectivity index (χ2n) is 5.09. The monoisotopic (exact) mass is 314 g/mol. The molecule has 1 aliphatic heterocycles. The van der Waals surface area contributed by atoms with E-state index < -0.39 is 25.3 Å². The van der Waals surface area contributed by atoms with Crippen molar-refractivity contribution >= 4 is 13.6 Å². The van der Waals surface area contributed by atoms with Gasteiger partial charge >= 0.3 is 13.6 Å². The van der Waals surface area contributed by atoms with E-state index in [2.05, 4.69) is 0 Å². The standard InChI is InChI=1S/C14H19O6P/c1-10(12-8-5-9-19-12)21(17,18)20-13(14(15)16)11-6-3-2-4-7-11/h2-4,6-7,10,12-13H,5,8-9H2,1H3,(H,15,16)(H,17,18). The summed E-state index contributed by atoms with van der Waals surface area (Å²) in [4.78, 5) is 21.4. The second-order valence-corrected chi connectivity index (χ2v) is 7.24. The first-order valence-electron chi connectivity index (χ1n) is 6.82. The van der Waals surface area contributed by atoms with Gasteiger partial charge in [0.15, 0.2) is 6.10 Å². The number of carboxylic acids is 1. The smallest absolute Gasteiger partial charge is 0.338 e. The van der Waals surface area contributed by atoms with Crippen LogP contribution in [0, 0.1) is 0 Å². The SMILES string of the molecule is CC(C1CCCO1)P(=O)(O)OC(C(=O)O)c1ccccc1. The summed E-state index contributed by atoms with van der Waals surface area (Å²) in [6, 6.07) is 8.14. The summed E-state index contributed by atoms with van der Waals surface area (Å²) in [5.41, 5.74) is -0.427. The summed E-state index contributed by atoms with van der Waals surface area (Å²) >= 11 is 0. The lowest BCUT2D eigenvalue weighted by Gasteiger charge is -2.26. The summed E-state index contributed by atoms with van der Waals surface area (Å²) in [5.74, 6) is -1.30. The lowest BCUT2D eigenvalue weighted by Crippen LogP contribution is -2.25. The maximum atomic E-state index is 12.4. The molecule has 0 saturated carbocycles. The van der Waals surface area contributed by atoms with Gasteiger partial charge in [-0.15, -0.1) is 0 Å². The van der Waals surface area contributed by atoms with Crippen LogP contribution >= 0.6 is 7.60 Å². The third-order valence-corrected chi connectivity index (χ3v) is 5.48. The number of ether oxygens (including phenoxy) is 1. The van der Waals surface area contributed by atoms with Crippen molar-refractivity contribution in [2.24, 2.45) is 0 Å². The molecule has 0 bridgehead atoms. The molecule has 1 heterocycles. The fourth-order valence-electron chi connectivity index (χ4n) is 2.32. The van der Waals surface area contributed by atoms with Crippen LogP contribution in [0.25, 0.3) is 0 Å². The second kappa shape index (κ2) is 6.71. The lowest BCUT2D eigenvalue weighted by atomic mass is 10.1. The summed E-state index contributed by atoms with van der Waals surface area (Å²) in [7, 11) is -4.11. The molecule has 0 spiro atoms. The van der Waals surface area contributed by atoms with E-state index in [1.54, 1.807) is 37.3 Å². The van der Waals surface area contributed by atoms with Crippen molar-refractivity contribution in [1.29, 1.82) is 0 Å². The Balaban J connectivity index is 2.15. The fraction of sp³-hybridized carbons (Fsp3) is 0.500. The molecular weight excluding hydrogens is 295 g/mol. The normalized spacial score (nSPS) is 24.2. The largest absolute Gasteiger partial charge is 0.479 e. The summed E-state index contributed by atoms with van der Waals surface area (Å²) in [6.45, 7) is 2.11. The minimum absolute atomic E-state index is 0.332. The number of rotatable bonds is 6. The molecule has 0 radical (unpaired) electrons. The third kappa shape index (κ3) is 3.92. The van der Waals surface area contributed by atoms with Gasteiger partial charge in [0.2, 0.25) is 0 Å². The first-order valence-corrected chi connectivity index (χ1v) is 8.46. The predicted molar refractivity (Wildman–Crippen MR) is 76.2 cm³/mol. The highest BCUT2D eigenvalue weighted by atomic mass is 31.2. The van der Waals surface area contributed by atoms with Gasteiger partial charge in [0.05, 0.1) is 11.8 Å². The topological polar surface area (TPSA) is 93.1 Å². The van der Waals surface area contributed by atoms with Gasteiger partial charge in [0, 0.05) is 6.61 Å². The Hall–Kier alpha value is -1.20. The Morgan fingerprint density at radius 3 is 2.62 bits per heavy atom. The van der Waals surface area contributed by atoms with Crippen molar-refractivity contribution in [2.75, 3.05) is 6.61 Å². The Morgan fingerprint density at radius 2 is 2.10 bits per heavy atom. The Morgan fingerprint density at radius 1 is 1.43 bits per heavy atom. The zero-order valence-electron chi connectivity index (χ0n) is 11.7. The van der Waals surface area contributed by atoms with Crippen LogP contribution in [-0.2, 0) is 18.6 Å². The van der Waals surface area contributed by atoms with E-state index in [0.29, 0.717) is 18.6 Å². The predicted octanol–water partition coefficient (Wildman–Crippen LogP) is 2.58. The molecule has 4 unspecified atom stereocenters. The van der Waals surface area contributed by atoms with Gasteiger partial charge in [-0.1, -0.05) is 30.3 Å². The molecule has 1 saturated heterocycles. The molecule has 1 fully saturated rings. The van der Waals surface area contributed by atoms with Crippen LogP contribution in [0.3, 0.4) is 0 Å². The van der Waals surface area contributed by atoms with Gasteiger partial charge in [0.25, 0.3) is 0 Å². The molecule has 2 N–H and O–H groups in total. The van der Waals surface area contributed by atoms with Gasteiger partial charge in [-0.05, 0) is 25.3 Å². The fourth-order valence-corrected chi connectivity index (χ4v) is 3.68. The highest BCUT2D eigenvalue weighted by Gasteiger charge is 2.41. The molecule has 0 aromatic heterocycles. The van der Waals surface area contributed by atoms with Gasteiger partial charge in [-0.2, -0.15) is 0 Å². The number of hydrogen-bond donors (Lipinski definition) is 2. The molecule has 7 heteroatoms. The van der Waals surface area contributed by atoms with Crippen LogP contribution < -0.4 is 0 Å². The number of aliphatic carboxylic acids is 1. The average molecular weight is 314 g/mol. The number of carboxylic acid groups (broad SMARTS) is 1. The van der Waals surface area contributed by atoms with Gasteiger partial charge < -0.3 is 14.7 Å². The van der Waals surface area contributed by atoms with Crippen molar-refractivity contribution in [3.63, 3.8) is 0 Å². The zero-order valence-corrected chi connectivity index (χ0v) is 12.6. The molecule has 2 rings (SSSR count). The van der Waals surface area contributed by atoms with Crippen molar-refractivity contribution in [2.45, 2.75) is 37.6 Å². The van der Waals surface area contributed by atoms with Crippen LogP contribution in [0.4, 0.5) is 0 Å². The molecule has 0 aliphatic carbocycles. The van der Waals surface area contributed by atoms with Gasteiger partial charge in [-0.25, -0.2) is 4.79 Å². The van der Waals surface area contributed by atoms with E-state index in [4.69, 9.17) is 9.26 Å². The van der Waals surface area contributed by atoms with E-state index in [9.17, 15) is 19.4 Å². The van der Waals surface area contributed by atoms with Gasteiger partial charge in [0.1, 0.15) is 0 Å². The van der Waals surface area contributed by atoms with Crippen molar-refractivity contribution in [3.8, 4) is 0 Å².